The molecule has 0 spiro atoms. The second-order valence-corrected chi connectivity index (χ2v) is 8.01. The molecule has 126 valence electrons. The van der Waals surface area contributed by atoms with Gasteiger partial charge < -0.3 is 5.32 Å². The SMILES string of the molecule is Cc1cccc(C(=O)Nc2ccc3c(c2)CCCN3S(C)(=O)=O)c1. The fourth-order valence-electron chi connectivity index (χ4n) is 2.97. The maximum atomic E-state index is 12.3. The van der Waals surface area contributed by atoms with E-state index >= 15 is 0 Å². The van der Waals surface area contributed by atoms with Gasteiger partial charge in [0.2, 0.25) is 10.0 Å². The third-order valence-electron chi connectivity index (χ3n) is 4.09. The molecule has 0 atom stereocenters. The molecule has 5 nitrogen and oxygen atoms in total. The summed E-state index contributed by atoms with van der Waals surface area (Å²) in [7, 11) is -3.28. The van der Waals surface area contributed by atoms with E-state index in [2.05, 4.69) is 5.32 Å². The Balaban J connectivity index is 1.85. The number of carbonyl (C=O) groups excluding carboxylic acids is 1. The van der Waals surface area contributed by atoms with Gasteiger partial charge in [-0.1, -0.05) is 17.7 Å². The van der Waals surface area contributed by atoms with Crippen LogP contribution in [0.3, 0.4) is 0 Å². The molecule has 1 aliphatic rings. The molecule has 0 fully saturated rings. The molecule has 0 aliphatic carbocycles. The lowest BCUT2D eigenvalue weighted by Crippen LogP contribution is -2.34. The molecule has 0 radical (unpaired) electrons. The second-order valence-electron chi connectivity index (χ2n) is 6.11. The van der Waals surface area contributed by atoms with Gasteiger partial charge in [-0.2, -0.15) is 0 Å². The first-order valence-electron chi connectivity index (χ1n) is 7.83. The van der Waals surface area contributed by atoms with Crippen molar-refractivity contribution in [2.24, 2.45) is 0 Å². The standard InChI is InChI=1S/C18H20N2O3S/c1-13-5-3-6-15(11-13)18(21)19-16-8-9-17-14(12-16)7-4-10-20(17)24(2,22)23/h3,5-6,8-9,11-12H,4,7,10H2,1-2H3,(H,19,21). The van der Waals surface area contributed by atoms with E-state index in [0.717, 1.165) is 24.0 Å². The number of nitrogens with one attached hydrogen (secondary N) is 1. The van der Waals surface area contributed by atoms with Crippen LogP contribution in [-0.2, 0) is 16.4 Å². The normalized spacial score (nSPS) is 14.2. The lowest BCUT2D eigenvalue weighted by molar-refractivity contribution is 0.102. The van der Waals surface area contributed by atoms with Crippen molar-refractivity contribution in [3.05, 3.63) is 59.2 Å². The van der Waals surface area contributed by atoms with Gasteiger partial charge in [0.1, 0.15) is 0 Å². The van der Waals surface area contributed by atoms with Crippen LogP contribution in [-0.4, -0.2) is 27.1 Å². The first-order chi connectivity index (χ1) is 11.3. The molecule has 0 bridgehead atoms. The topological polar surface area (TPSA) is 66.5 Å². The predicted molar refractivity (Wildman–Crippen MR) is 96.1 cm³/mol. The molecule has 2 aromatic rings. The first-order valence-corrected chi connectivity index (χ1v) is 9.68. The number of rotatable bonds is 3. The van der Waals surface area contributed by atoms with Crippen molar-refractivity contribution in [1.29, 1.82) is 0 Å². The summed E-state index contributed by atoms with van der Waals surface area (Å²) in [6.45, 7) is 2.44. The zero-order valence-electron chi connectivity index (χ0n) is 13.7. The molecular weight excluding hydrogens is 324 g/mol. The second kappa shape index (κ2) is 6.28. The average molecular weight is 344 g/mol. The summed E-state index contributed by atoms with van der Waals surface area (Å²) in [5.74, 6) is -0.172. The molecule has 1 N–H and O–H groups in total. The van der Waals surface area contributed by atoms with E-state index in [0.29, 0.717) is 23.5 Å². The lowest BCUT2D eigenvalue weighted by Gasteiger charge is -2.29. The van der Waals surface area contributed by atoms with Crippen LogP contribution < -0.4 is 9.62 Å². The van der Waals surface area contributed by atoms with Crippen LogP contribution in [0.15, 0.2) is 42.5 Å². The fraction of sp³-hybridized carbons (Fsp3) is 0.278. The zero-order valence-corrected chi connectivity index (χ0v) is 14.6. The van der Waals surface area contributed by atoms with E-state index in [1.807, 2.05) is 31.2 Å². The van der Waals surface area contributed by atoms with Gasteiger partial charge in [-0.05, 0) is 55.7 Å². The fourth-order valence-corrected chi connectivity index (χ4v) is 3.97. The van der Waals surface area contributed by atoms with E-state index in [4.69, 9.17) is 0 Å². The molecule has 2 aromatic carbocycles. The Morgan fingerprint density at radius 2 is 1.96 bits per heavy atom. The van der Waals surface area contributed by atoms with Crippen LogP contribution in [0.4, 0.5) is 11.4 Å². The Bertz CT molecular complexity index is 891. The van der Waals surface area contributed by atoms with Gasteiger partial charge in [-0.25, -0.2) is 8.42 Å². The highest BCUT2D eigenvalue weighted by Gasteiger charge is 2.24. The number of fused-ring (bicyclic) bond motifs is 1. The van der Waals surface area contributed by atoms with E-state index in [-0.39, 0.29) is 5.91 Å². The molecule has 0 aromatic heterocycles. The van der Waals surface area contributed by atoms with Crippen LogP contribution >= 0.6 is 0 Å². The van der Waals surface area contributed by atoms with Crippen molar-refractivity contribution in [3.63, 3.8) is 0 Å². The van der Waals surface area contributed by atoms with Gasteiger partial charge in [0.05, 0.1) is 11.9 Å². The van der Waals surface area contributed by atoms with Gasteiger partial charge >= 0.3 is 0 Å². The minimum absolute atomic E-state index is 0.172. The summed E-state index contributed by atoms with van der Waals surface area (Å²) in [6.07, 6.45) is 2.79. The zero-order chi connectivity index (χ0) is 17.3. The van der Waals surface area contributed by atoms with E-state index < -0.39 is 10.0 Å². The number of anilines is 2. The van der Waals surface area contributed by atoms with Crippen LogP contribution in [0.25, 0.3) is 0 Å². The van der Waals surface area contributed by atoms with Crippen LogP contribution in [0.5, 0.6) is 0 Å². The third-order valence-corrected chi connectivity index (χ3v) is 5.27. The minimum Gasteiger partial charge on any atom is -0.322 e. The summed E-state index contributed by atoms with van der Waals surface area (Å²) >= 11 is 0. The summed E-state index contributed by atoms with van der Waals surface area (Å²) in [6, 6.07) is 12.8. The molecule has 24 heavy (non-hydrogen) atoms. The number of amides is 1. The summed E-state index contributed by atoms with van der Waals surface area (Å²) in [4.78, 5) is 12.3. The Hall–Kier alpha value is -2.34. The van der Waals surface area contributed by atoms with Crippen molar-refractivity contribution in [2.45, 2.75) is 19.8 Å². The highest BCUT2D eigenvalue weighted by Crippen LogP contribution is 2.31. The van der Waals surface area contributed by atoms with Crippen molar-refractivity contribution in [1.82, 2.24) is 0 Å². The van der Waals surface area contributed by atoms with Gasteiger partial charge in [0.15, 0.2) is 0 Å². The van der Waals surface area contributed by atoms with Crippen molar-refractivity contribution < 1.29 is 13.2 Å². The van der Waals surface area contributed by atoms with Crippen molar-refractivity contribution >= 4 is 27.3 Å². The molecule has 6 heteroatoms. The summed E-state index contributed by atoms with van der Waals surface area (Å²) < 4.78 is 25.2. The number of nitrogens with zero attached hydrogens (tertiary/aromatic N) is 1. The molecule has 0 saturated heterocycles. The summed E-state index contributed by atoms with van der Waals surface area (Å²) in [5, 5.41) is 2.88. The van der Waals surface area contributed by atoms with Crippen LogP contribution in [0.2, 0.25) is 0 Å². The summed E-state index contributed by atoms with van der Waals surface area (Å²) in [5.41, 5.74) is 3.95. The minimum atomic E-state index is -3.28. The van der Waals surface area contributed by atoms with Gasteiger partial charge in [0, 0.05) is 17.8 Å². The molecule has 1 aliphatic heterocycles. The Morgan fingerprint density at radius 3 is 2.67 bits per heavy atom. The molecular formula is C18H20N2O3S. The van der Waals surface area contributed by atoms with E-state index in [1.54, 1.807) is 18.2 Å². The maximum Gasteiger partial charge on any atom is 0.255 e. The van der Waals surface area contributed by atoms with Crippen molar-refractivity contribution in [3.8, 4) is 0 Å². The van der Waals surface area contributed by atoms with Gasteiger partial charge in [0.25, 0.3) is 5.91 Å². The molecule has 1 heterocycles. The number of sulfonamides is 1. The Labute approximate surface area is 142 Å². The van der Waals surface area contributed by atoms with Crippen LogP contribution in [0, 0.1) is 6.92 Å². The number of hydrogen-bond acceptors (Lipinski definition) is 3. The number of carbonyl (C=O) groups is 1. The number of benzene rings is 2. The largest absolute Gasteiger partial charge is 0.322 e. The monoisotopic (exact) mass is 344 g/mol. The smallest absolute Gasteiger partial charge is 0.255 e. The quantitative estimate of drug-likeness (QED) is 0.931. The van der Waals surface area contributed by atoms with E-state index in [1.165, 1.54) is 10.6 Å². The molecule has 1 amide bonds. The molecule has 0 saturated carbocycles. The molecule has 3 rings (SSSR count). The lowest BCUT2D eigenvalue weighted by atomic mass is 10.0. The highest BCUT2D eigenvalue weighted by atomic mass is 32.2. The van der Waals surface area contributed by atoms with Crippen LogP contribution in [0.1, 0.15) is 27.9 Å². The van der Waals surface area contributed by atoms with Crippen molar-refractivity contribution in [2.75, 3.05) is 22.4 Å². The first kappa shape index (κ1) is 16.5. The third kappa shape index (κ3) is 3.43. The Morgan fingerprint density at radius 1 is 1.17 bits per heavy atom. The molecule has 0 unspecified atom stereocenters. The van der Waals surface area contributed by atoms with E-state index in [9.17, 15) is 13.2 Å². The number of hydrogen-bond donors (Lipinski definition) is 1. The maximum absolute atomic E-state index is 12.3. The highest BCUT2D eigenvalue weighted by molar-refractivity contribution is 7.92. The average Bonchev–Trinajstić information content (AvgIpc) is 2.53. The predicted octanol–water partition coefficient (Wildman–Crippen LogP) is 2.96. The number of aryl methyl sites for hydroxylation is 2. The van der Waals surface area contributed by atoms with Gasteiger partial charge in [-0.3, -0.25) is 9.10 Å². The Kier molecular flexibility index (Phi) is 4.32. The van der Waals surface area contributed by atoms with Gasteiger partial charge in [-0.15, -0.1) is 0 Å².